The first-order chi connectivity index (χ1) is 14.5. The van der Waals surface area contributed by atoms with Crippen LogP contribution in [0.1, 0.15) is 31.7 Å². The summed E-state index contributed by atoms with van der Waals surface area (Å²) in [4.78, 5) is 23.7. The molecule has 0 aromatic heterocycles. The van der Waals surface area contributed by atoms with E-state index in [1.165, 1.54) is 12.1 Å². The van der Waals surface area contributed by atoms with E-state index in [2.05, 4.69) is 10.5 Å². The third kappa shape index (κ3) is 4.83. The van der Waals surface area contributed by atoms with Crippen LogP contribution < -0.4 is 10.2 Å². The number of ether oxygens (including phenoxy) is 2. The minimum Gasteiger partial charge on any atom is -0.490 e. The van der Waals surface area contributed by atoms with Crippen molar-refractivity contribution in [2.24, 2.45) is 5.10 Å². The molecule has 0 saturated heterocycles. The van der Waals surface area contributed by atoms with Crippen molar-refractivity contribution in [2.45, 2.75) is 26.2 Å². The Morgan fingerprint density at radius 2 is 1.93 bits per heavy atom. The third-order valence-corrected chi connectivity index (χ3v) is 4.72. The number of esters is 1. The Kier molecular flexibility index (Phi) is 6.79. The van der Waals surface area contributed by atoms with Crippen molar-refractivity contribution in [3.63, 3.8) is 0 Å². The van der Waals surface area contributed by atoms with E-state index in [0.717, 1.165) is 0 Å². The van der Waals surface area contributed by atoms with Gasteiger partial charge in [0.2, 0.25) is 0 Å². The van der Waals surface area contributed by atoms with E-state index < -0.39 is 16.8 Å². The normalized spacial score (nSPS) is 15.8. The number of hydrogen-bond donors (Lipinski definition) is 1. The van der Waals surface area contributed by atoms with Gasteiger partial charge in [0.25, 0.3) is 5.69 Å². The molecular formula is C22H23N3O5. The Balaban J connectivity index is 1.77. The van der Waals surface area contributed by atoms with Crippen LogP contribution in [0.3, 0.4) is 0 Å². The molecule has 0 bridgehead atoms. The first-order valence-corrected chi connectivity index (χ1v) is 9.63. The number of rotatable bonds is 8. The molecule has 1 unspecified atom stereocenters. The van der Waals surface area contributed by atoms with E-state index in [1.54, 1.807) is 19.1 Å². The molecule has 0 fully saturated rings. The molecule has 1 atom stereocenters. The van der Waals surface area contributed by atoms with Gasteiger partial charge in [0, 0.05) is 17.8 Å². The van der Waals surface area contributed by atoms with Gasteiger partial charge in [-0.2, -0.15) is 5.10 Å². The monoisotopic (exact) mass is 409 g/mol. The van der Waals surface area contributed by atoms with Gasteiger partial charge < -0.3 is 9.47 Å². The number of nitrogens with one attached hydrogen (secondary N) is 1. The van der Waals surface area contributed by atoms with Gasteiger partial charge in [0.05, 0.1) is 22.1 Å². The van der Waals surface area contributed by atoms with Crippen LogP contribution >= 0.6 is 0 Å². The highest BCUT2D eigenvalue weighted by atomic mass is 16.6. The molecule has 1 aliphatic rings. The average molecular weight is 409 g/mol. The number of hydrogen-bond acceptors (Lipinski definition) is 7. The summed E-state index contributed by atoms with van der Waals surface area (Å²) >= 11 is 0. The summed E-state index contributed by atoms with van der Waals surface area (Å²) in [6.07, 6.45) is 0.571. The van der Waals surface area contributed by atoms with E-state index in [9.17, 15) is 14.9 Å². The van der Waals surface area contributed by atoms with Crippen LogP contribution in [0.5, 0.6) is 5.75 Å². The number of benzene rings is 2. The van der Waals surface area contributed by atoms with Crippen molar-refractivity contribution in [2.75, 3.05) is 13.2 Å². The summed E-state index contributed by atoms with van der Waals surface area (Å²) in [5.41, 5.74) is 5.10. The van der Waals surface area contributed by atoms with Gasteiger partial charge in [-0.25, -0.2) is 4.79 Å². The maximum Gasteiger partial charge on any atom is 0.336 e. The molecule has 1 heterocycles. The number of allylic oxidation sites excluding steroid dienone is 1. The maximum atomic E-state index is 12.9. The fourth-order valence-corrected chi connectivity index (χ4v) is 3.28. The highest BCUT2D eigenvalue weighted by Gasteiger charge is 2.33. The predicted molar refractivity (Wildman–Crippen MR) is 112 cm³/mol. The smallest absolute Gasteiger partial charge is 0.336 e. The van der Waals surface area contributed by atoms with Crippen molar-refractivity contribution in [3.05, 3.63) is 81.5 Å². The zero-order chi connectivity index (χ0) is 21.5. The fourth-order valence-electron chi connectivity index (χ4n) is 3.28. The Labute approximate surface area is 174 Å². The summed E-state index contributed by atoms with van der Waals surface area (Å²) in [5, 5.41) is 15.5. The zero-order valence-electron chi connectivity index (χ0n) is 16.8. The SMILES string of the molecule is CCC1=NNC(C)=C(C(=O)OCCOc2ccccc2)C1c1cccc([N+](=O)[O-])c1. The zero-order valence-corrected chi connectivity index (χ0v) is 16.8. The Bertz CT molecular complexity index is 985. The quantitative estimate of drug-likeness (QED) is 0.307. The number of carbonyl (C=O) groups excluding carboxylic acids is 1. The van der Waals surface area contributed by atoms with E-state index in [-0.39, 0.29) is 18.9 Å². The van der Waals surface area contributed by atoms with Crippen molar-refractivity contribution in [3.8, 4) is 5.75 Å². The Hall–Kier alpha value is -3.68. The van der Waals surface area contributed by atoms with Gasteiger partial charge in [-0.1, -0.05) is 37.3 Å². The Morgan fingerprint density at radius 1 is 1.17 bits per heavy atom. The minimum absolute atomic E-state index is 0.0388. The molecule has 30 heavy (non-hydrogen) atoms. The highest BCUT2D eigenvalue weighted by Crippen LogP contribution is 2.34. The predicted octanol–water partition coefficient (Wildman–Crippen LogP) is 3.94. The molecule has 2 aromatic rings. The van der Waals surface area contributed by atoms with Crippen LogP contribution in [-0.4, -0.2) is 29.8 Å². The number of nitrogens with zero attached hydrogens (tertiary/aromatic N) is 2. The summed E-state index contributed by atoms with van der Waals surface area (Å²) in [6, 6.07) is 15.5. The molecule has 1 N–H and O–H groups in total. The van der Waals surface area contributed by atoms with Gasteiger partial charge >= 0.3 is 5.97 Å². The molecule has 3 rings (SSSR count). The highest BCUT2D eigenvalue weighted by molar-refractivity contribution is 6.04. The second kappa shape index (κ2) is 9.69. The molecule has 0 spiro atoms. The number of non-ortho nitro benzene ring substituents is 1. The summed E-state index contributed by atoms with van der Waals surface area (Å²) < 4.78 is 11.0. The van der Waals surface area contributed by atoms with Gasteiger partial charge in [-0.15, -0.1) is 0 Å². The van der Waals surface area contributed by atoms with E-state index in [1.807, 2.05) is 37.3 Å². The van der Waals surface area contributed by atoms with Crippen molar-refractivity contribution >= 4 is 17.4 Å². The number of para-hydroxylation sites is 1. The molecule has 0 radical (unpaired) electrons. The van der Waals surface area contributed by atoms with Crippen LogP contribution in [0, 0.1) is 10.1 Å². The molecule has 0 saturated carbocycles. The van der Waals surface area contributed by atoms with E-state index in [0.29, 0.717) is 34.7 Å². The molecule has 8 nitrogen and oxygen atoms in total. The van der Waals surface area contributed by atoms with Gasteiger partial charge in [-0.05, 0) is 31.0 Å². The molecule has 8 heteroatoms. The van der Waals surface area contributed by atoms with Crippen LogP contribution in [0.4, 0.5) is 5.69 Å². The van der Waals surface area contributed by atoms with Gasteiger partial charge in [0.1, 0.15) is 19.0 Å². The maximum absolute atomic E-state index is 12.9. The number of carbonyl (C=O) groups is 1. The molecule has 0 aliphatic carbocycles. The first-order valence-electron chi connectivity index (χ1n) is 9.63. The number of hydrazone groups is 1. The average Bonchev–Trinajstić information content (AvgIpc) is 2.77. The van der Waals surface area contributed by atoms with Crippen molar-refractivity contribution in [1.82, 2.24) is 5.43 Å². The van der Waals surface area contributed by atoms with Crippen molar-refractivity contribution in [1.29, 1.82) is 0 Å². The Morgan fingerprint density at radius 3 is 2.63 bits per heavy atom. The molecular weight excluding hydrogens is 386 g/mol. The van der Waals surface area contributed by atoms with E-state index in [4.69, 9.17) is 9.47 Å². The molecule has 1 aliphatic heterocycles. The fraction of sp³-hybridized carbons (Fsp3) is 0.273. The number of nitro groups is 1. The van der Waals surface area contributed by atoms with E-state index >= 15 is 0 Å². The summed E-state index contributed by atoms with van der Waals surface area (Å²) in [7, 11) is 0. The number of nitro benzene ring substituents is 1. The lowest BCUT2D eigenvalue weighted by atomic mass is 9.83. The molecule has 0 amide bonds. The lowest BCUT2D eigenvalue weighted by molar-refractivity contribution is -0.384. The van der Waals surface area contributed by atoms with Crippen molar-refractivity contribution < 1.29 is 19.2 Å². The summed E-state index contributed by atoms with van der Waals surface area (Å²) in [6.45, 7) is 3.94. The minimum atomic E-state index is -0.515. The lowest BCUT2D eigenvalue weighted by Crippen LogP contribution is -2.31. The second-order valence-electron chi connectivity index (χ2n) is 6.69. The first kappa shape index (κ1) is 21.0. The largest absolute Gasteiger partial charge is 0.490 e. The van der Waals surface area contributed by atoms with Gasteiger partial charge in [-0.3, -0.25) is 15.5 Å². The van der Waals surface area contributed by atoms with Crippen LogP contribution in [-0.2, 0) is 9.53 Å². The lowest BCUT2D eigenvalue weighted by Gasteiger charge is -2.27. The standard InChI is InChI=1S/C22H23N3O5/c1-3-19-21(16-8-7-9-17(14-16)25(27)28)20(15(2)23-24-19)22(26)30-13-12-29-18-10-5-4-6-11-18/h4-11,14,21,23H,3,12-13H2,1-2H3. The van der Waals surface area contributed by atoms with Crippen LogP contribution in [0.25, 0.3) is 0 Å². The molecule has 2 aromatic carbocycles. The summed E-state index contributed by atoms with van der Waals surface area (Å²) in [5.74, 6) is -0.328. The van der Waals surface area contributed by atoms with Crippen LogP contribution in [0.2, 0.25) is 0 Å². The van der Waals surface area contributed by atoms with Crippen LogP contribution in [0.15, 0.2) is 71.0 Å². The topological polar surface area (TPSA) is 103 Å². The third-order valence-electron chi connectivity index (χ3n) is 4.72. The second-order valence-corrected chi connectivity index (χ2v) is 6.69. The molecule has 156 valence electrons. The van der Waals surface area contributed by atoms with Gasteiger partial charge in [0.15, 0.2) is 0 Å².